The second kappa shape index (κ2) is 6.15. The maximum absolute atomic E-state index is 9.64. The van der Waals surface area contributed by atoms with Crippen LogP contribution in [0, 0.1) is 24.2 Å². The Bertz CT molecular complexity index is 502. The minimum Gasteiger partial charge on any atom is -0.297 e. The van der Waals surface area contributed by atoms with Crippen LogP contribution >= 0.6 is 11.6 Å². The van der Waals surface area contributed by atoms with Gasteiger partial charge < -0.3 is 0 Å². The second-order valence-corrected chi connectivity index (χ2v) is 6.47. The third-order valence-corrected chi connectivity index (χ3v) is 4.67. The van der Waals surface area contributed by atoms with Gasteiger partial charge >= 0.3 is 0 Å². The first kappa shape index (κ1) is 15.3. The highest BCUT2D eigenvalue weighted by molar-refractivity contribution is 6.31. The van der Waals surface area contributed by atoms with Gasteiger partial charge in [-0.05, 0) is 46.0 Å². The number of nitriles is 1. The molecule has 1 heterocycles. The molecule has 1 fully saturated rings. The fourth-order valence-electron chi connectivity index (χ4n) is 3.28. The van der Waals surface area contributed by atoms with Gasteiger partial charge in [0.25, 0.3) is 0 Å². The molecule has 0 spiro atoms. The van der Waals surface area contributed by atoms with Gasteiger partial charge in [-0.3, -0.25) is 10.00 Å². The molecule has 1 aliphatic rings. The van der Waals surface area contributed by atoms with Crippen LogP contribution in [-0.4, -0.2) is 21.4 Å². The first-order valence-corrected chi connectivity index (χ1v) is 7.73. The van der Waals surface area contributed by atoms with E-state index in [2.05, 4.69) is 30.3 Å². The summed E-state index contributed by atoms with van der Waals surface area (Å²) in [6, 6.07) is 2.88. The molecule has 4 nitrogen and oxygen atoms in total. The van der Waals surface area contributed by atoms with Crippen molar-refractivity contribution in [3.8, 4) is 6.07 Å². The molecule has 1 saturated carbocycles. The van der Waals surface area contributed by atoms with Crippen LogP contribution in [0.15, 0.2) is 6.20 Å². The van der Waals surface area contributed by atoms with E-state index in [1.165, 1.54) is 0 Å². The predicted molar refractivity (Wildman–Crippen MR) is 80.5 cm³/mol. The third-order valence-electron chi connectivity index (χ3n) is 4.30. The Labute approximate surface area is 126 Å². The van der Waals surface area contributed by atoms with Crippen molar-refractivity contribution in [1.29, 1.82) is 5.26 Å². The lowest BCUT2D eigenvalue weighted by atomic mass is 9.85. The molecule has 2 unspecified atom stereocenters. The molecular weight excluding hydrogens is 272 g/mol. The molecular formula is C15H23ClN4. The van der Waals surface area contributed by atoms with Crippen molar-refractivity contribution >= 4 is 11.6 Å². The Morgan fingerprint density at radius 2 is 2.40 bits per heavy atom. The van der Waals surface area contributed by atoms with Gasteiger partial charge in [0.2, 0.25) is 0 Å². The lowest BCUT2D eigenvalue weighted by Crippen LogP contribution is -2.50. The Morgan fingerprint density at radius 1 is 1.65 bits per heavy atom. The molecule has 20 heavy (non-hydrogen) atoms. The fourth-order valence-corrected chi connectivity index (χ4v) is 3.42. The molecule has 0 aliphatic heterocycles. The number of hydrogen-bond acceptors (Lipinski definition) is 3. The Hall–Kier alpha value is -1.05. The van der Waals surface area contributed by atoms with E-state index in [1.807, 2.05) is 11.6 Å². The van der Waals surface area contributed by atoms with Crippen LogP contribution < -0.4 is 5.32 Å². The van der Waals surface area contributed by atoms with Crippen LogP contribution in [0.4, 0.5) is 0 Å². The zero-order chi connectivity index (χ0) is 14.8. The summed E-state index contributed by atoms with van der Waals surface area (Å²) >= 11 is 6.03. The number of halogens is 1. The molecule has 0 radical (unpaired) electrons. The highest BCUT2D eigenvalue weighted by Crippen LogP contribution is 2.38. The summed E-state index contributed by atoms with van der Waals surface area (Å²) in [5.41, 5.74) is 0.642. The molecule has 110 valence electrons. The summed E-state index contributed by atoms with van der Waals surface area (Å²) in [5, 5.41) is 18.1. The highest BCUT2D eigenvalue weighted by atomic mass is 35.5. The normalized spacial score (nSPS) is 26.1. The van der Waals surface area contributed by atoms with Crippen molar-refractivity contribution in [3.05, 3.63) is 16.9 Å². The standard InChI is InChI=1S/C15H23ClN4/c1-11(2)19-15(10-17)7-4-5-13(15)6-8-20-12(3)14(16)9-18-20/h9,11,13,19H,4-8H2,1-3H3. The van der Waals surface area contributed by atoms with E-state index in [0.29, 0.717) is 17.0 Å². The Kier molecular flexibility index (Phi) is 4.72. The maximum Gasteiger partial charge on any atom is 0.109 e. The molecule has 0 bridgehead atoms. The van der Waals surface area contributed by atoms with Gasteiger partial charge in [0.15, 0.2) is 0 Å². The summed E-state index contributed by atoms with van der Waals surface area (Å²) in [6.45, 7) is 7.01. The van der Waals surface area contributed by atoms with E-state index in [4.69, 9.17) is 11.6 Å². The molecule has 1 aromatic rings. The first-order chi connectivity index (χ1) is 9.48. The number of aromatic nitrogens is 2. The SMILES string of the molecule is Cc1c(Cl)cnn1CCC1CCCC1(C#N)NC(C)C. The zero-order valence-electron chi connectivity index (χ0n) is 12.5. The molecule has 0 saturated heterocycles. The molecule has 5 heteroatoms. The number of rotatable bonds is 5. The van der Waals surface area contributed by atoms with Gasteiger partial charge in [0.1, 0.15) is 5.54 Å². The van der Waals surface area contributed by atoms with Crippen LogP contribution in [-0.2, 0) is 6.54 Å². The monoisotopic (exact) mass is 294 g/mol. The van der Waals surface area contributed by atoms with Crippen molar-refractivity contribution in [3.63, 3.8) is 0 Å². The van der Waals surface area contributed by atoms with E-state index in [1.54, 1.807) is 6.20 Å². The van der Waals surface area contributed by atoms with Crippen LogP contribution in [0.5, 0.6) is 0 Å². The minimum absolute atomic E-state index is 0.330. The third kappa shape index (κ3) is 2.99. The van der Waals surface area contributed by atoms with Gasteiger partial charge in [-0.25, -0.2) is 0 Å². The Morgan fingerprint density at radius 3 is 2.95 bits per heavy atom. The van der Waals surface area contributed by atoms with Gasteiger partial charge in [-0.2, -0.15) is 10.4 Å². The van der Waals surface area contributed by atoms with Gasteiger partial charge in [-0.15, -0.1) is 0 Å². The van der Waals surface area contributed by atoms with Crippen molar-refractivity contribution in [2.75, 3.05) is 0 Å². The Balaban J connectivity index is 2.04. The van der Waals surface area contributed by atoms with Crippen LogP contribution in [0.1, 0.15) is 45.2 Å². The van der Waals surface area contributed by atoms with Crippen molar-refractivity contribution in [1.82, 2.24) is 15.1 Å². The molecule has 1 N–H and O–H groups in total. The van der Waals surface area contributed by atoms with Gasteiger partial charge in [0, 0.05) is 12.6 Å². The number of aryl methyl sites for hydroxylation is 1. The molecule has 1 aliphatic carbocycles. The molecule has 0 aromatic carbocycles. The molecule has 1 aromatic heterocycles. The maximum atomic E-state index is 9.64. The first-order valence-electron chi connectivity index (χ1n) is 7.35. The van der Waals surface area contributed by atoms with Crippen LogP contribution in [0.3, 0.4) is 0 Å². The van der Waals surface area contributed by atoms with Gasteiger partial charge in [0.05, 0.1) is 23.0 Å². The summed E-state index contributed by atoms with van der Waals surface area (Å²) in [6.07, 6.45) is 5.84. The largest absolute Gasteiger partial charge is 0.297 e. The number of hydrogen-bond donors (Lipinski definition) is 1. The summed E-state index contributed by atoms with van der Waals surface area (Å²) in [4.78, 5) is 0. The van der Waals surface area contributed by atoms with Gasteiger partial charge in [-0.1, -0.05) is 18.0 Å². The van der Waals surface area contributed by atoms with Crippen LogP contribution in [0.25, 0.3) is 0 Å². The summed E-state index contributed by atoms with van der Waals surface area (Å²) in [7, 11) is 0. The van der Waals surface area contributed by atoms with E-state index in [-0.39, 0.29) is 5.54 Å². The van der Waals surface area contributed by atoms with Crippen molar-refractivity contribution in [2.24, 2.45) is 5.92 Å². The zero-order valence-corrected chi connectivity index (χ0v) is 13.2. The van der Waals surface area contributed by atoms with E-state index >= 15 is 0 Å². The number of nitrogens with zero attached hydrogens (tertiary/aromatic N) is 3. The summed E-state index contributed by atoms with van der Waals surface area (Å²) < 4.78 is 1.94. The minimum atomic E-state index is -0.362. The van der Waals surface area contributed by atoms with Crippen LogP contribution in [0.2, 0.25) is 5.02 Å². The molecule has 0 amide bonds. The predicted octanol–water partition coefficient (Wildman–Crippen LogP) is 3.30. The topological polar surface area (TPSA) is 53.6 Å². The molecule has 2 rings (SSSR count). The van der Waals surface area contributed by atoms with E-state index in [9.17, 15) is 5.26 Å². The van der Waals surface area contributed by atoms with Crippen molar-refractivity contribution < 1.29 is 0 Å². The lowest BCUT2D eigenvalue weighted by Gasteiger charge is -2.32. The molecule has 2 atom stereocenters. The smallest absolute Gasteiger partial charge is 0.109 e. The lowest BCUT2D eigenvalue weighted by molar-refractivity contribution is 0.269. The average molecular weight is 295 g/mol. The van der Waals surface area contributed by atoms with Crippen molar-refractivity contribution in [2.45, 2.75) is 64.6 Å². The highest BCUT2D eigenvalue weighted by Gasteiger charge is 2.43. The second-order valence-electron chi connectivity index (χ2n) is 6.06. The average Bonchev–Trinajstić information content (AvgIpc) is 2.93. The quantitative estimate of drug-likeness (QED) is 0.906. The fraction of sp³-hybridized carbons (Fsp3) is 0.733. The summed E-state index contributed by atoms with van der Waals surface area (Å²) in [5.74, 6) is 0.386. The van der Waals surface area contributed by atoms with E-state index in [0.717, 1.165) is 37.9 Å². The number of nitrogens with one attached hydrogen (secondary N) is 1. The van der Waals surface area contributed by atoms with E-state index < -0.39 is 0 Å².